The third-order valence-electron chi connectivity index (χ3n) is 1.40. The fraction of sp³-hybridized carbons (Fsp3) is 0.143. The average molecular weight is 288 g/mol. The van der Waals surface area contributed by atoms with Crippen molar-refractivity contribution in [1.29, 1.82) is 0 Å². The molecule has 6 nitrogen and oxygen atoms in total. The number of halogens is 2. The number of benzene rings is 1. The molecule has 90 valence electrons. The molecule has 1 aromatic rings. The molecule has 0 aliphatic heterocycles. The lowest BCUT2D eigenvalue weighted by molar-refractivity contribution is -0.384. The summed E-state index contributed by atoms with van der Waals surface area (Å²) in [7, 11) is 2.03. The first kappa shape index (κ1) is 15.1. The van der Waals surface area contributed by atoms with E-state index in [2.05, 4.69) is 0 Å². The van der Waals surface area contributed by atoms with Crippen LogP contribution in [0.5, 0.6) is 0 Å². The van der Waals surface area contributed by atoms with E-state index in [1.165, 1.54) is 0 Å². The smallest absolute Gasteiger partial charge is 0.289 e. The zero-order chi connectivity index (χ0) is 12.9. The largest absolute Gasteiger partial charge is 0.400 e. The van der Waals surface area contributed by atoms with Gasteiger partial charge in [0.1, 0.15) is 5.02 Å². The highest BCUT2D eigenvalue weighted by atomic mass is 35.7. The van der Waals surface area contributed by atoms with Crippen molar-refractivity contribution in [3.05, 3.63) is 33.3 Å². The molecule has 1 N–H and O–H groups in total. The number of aliphatic hydroxyl groups excluding tert-OH is 1. The Balaban J connectivity index is 0.00000106. The molecule has 0 atom stereocenters. The minimum Gasteiger partial charge on any atom is -0.400 e. The van der Waals surface area contributed by atoms with Crippen molar-refractivity contribution >= 4 is 37.0 Å². The molecule has 9 heteroatoms. The van der Waals surface area contributed by atoms with Crippen LogP contribution in [0.25, 0.3) is 0 Å². The molecule has 0 fully saturated rings. The van der Waals surface area contributed by atoms with Crippen molar-refractivity contribution < 1.29 is 18.4 Å². The normalized spacial score (nSPS) is 10.2. The van der Waals surface area contributed by atoms with Crippen LogP contribution in [0.3, 0.4) is 0 Å². The van der Waals surface area contributed by atoms with Crippen molar-refractivity contribution in [3.63, 3.8) is 0 Å². The van der Waals surface area contributed by atoms with Gasteiger partial charge in [-0.2, -0.15) is 0 Å². The molecule has 1 aromatic carbocycles. The van der Waals surface area contributed by atoms with Crippen LogP contribution < -0.4 is 0 Å². The molecule has 0 bridgehead atoms. The second-order valence-electron chi connectivity index (χ2n) is 2.31. The molecular formula is C7H7Cl2NO5S. The van der Waals surface area contributed by atoms with Crippen molar-refractivity contribution in [2.24, 2.45) is 0 Å². The summed E-state index contributed by atoms with van der Waals surface area (Å²) < 4.78 is 21.6. The molecule has 0 spiro atoms. The van der Waals surface area contributed by atoms with Gasteiger partial charge in [-0.05, 0) is 12.1 Å². The van der Waals surface area contributed by atoms with E-state index >= 15 is 0 Å². The van der Waals surface area contributed by atoms with Gasteiger partial charge >= 0.3 is 0 Å². The summed E-state index contributed by atoms with van der Waals surface area (Å²) in [6.45, 7) is 0. The molecule has 0 unspecified atom stereocenters. The summed E-state index contributed by atoms with van der Waals surface area (Å²) in [5.41, 5.74) is -0.492. The standard InChI is InChI=1S/C6H3Cl2NO4S.CH4O/c7-5-2-1-4(14(8,12)13)3-6(5)9(10)11;1-2/h1-3H;2H,1H3. The van der Waals surface area contributed by atoms with Gasteiger partial charge in [-0.1, -0.05) is 11.6 Å². The number of hydrogen-bond acceptors (Lipinski definition) is 5. The molecule has 0 radical (unpaired) electrons. The van der Waals surface area contributed by atoms with Gasteiger partial charge in [0.25, 0.3) is 14.7 Å². The molecule has 1 rings (SSSR count). The second-order valence-corrected chi connectivity index (χ2v) is 5.28. The highest BCUT2D eigenvalue weighted by molar-refractivity contribution is 8.13. The maximum atomic E-state index is 10.8. The minimum absolute atomic E-state index is 0.140. The van der Waals surface area contributed by atoms with Crippen LogP contribution in [-0.2, 0) is 9.05 Å². The first-order valence-corrected chi connectivity index (χ1v) is 6.34. The number of nitro groups is 1. The van der Waals surface area contributed by atoms with Gasteiger partial charge in [0.05, 0.1) is 9.82 Å². The summed E-state index contributed by atoms with van der Waals surface area (Å²) >= 11 is 5.46. The highest BCUT2D eigenvalue weighted by Crippen LogP contribution is 2.28. The van der Waals surface area contributed by atoms with E-state index in [1.54, 1.807) is 0 Å². The third kappa shape index (κ3) is 3.93. The summed E-state index contributed by atoms with van der Waals surface area (Å²) in [6, 6.07) is 3.01. The first-order chi connectivity index (χ1) is 7.32. The predicted octanol–water partition coefficient (Wildman–Crippen LogP) is 1.78. The quantitative estimate of drug-likeness (QED) is 0.508. The Labute approximate surface area is 101 Å². The van der Waals surface area contributed by atoms with Gasteiger partial charge in [0, 0.05) is 23.9 Å². The Morgan fingerprint density at radius 1 is 1.38 bits per heavy atom. The van der Waals surface area contributed by atoms with E-state index in [-0.39, 0.29) is 9.92 Å². The molecular weight excluding hydrogens is 281 g/mol. The number of rotatable bonds is 2. The lowest BCUT2D eigenvalue weighted by atomic mass is 10.3. The molecule has 0 saturated heterocycles. The fourth-order valence-electron chi connectivity index (χ4n) is 0.784. The summed E-state index contributed by atoms with van der Waals surface area (Å²) in [6.07, 6.45) is 0. The Bertz CT molecular complexity index is 488. The van der Waals surface area contributed by atoms with Crippen LogP contribution in [0.1, 0.15) is 0 Å². The Hall–Kier alpha value is -0.890. The molecule has 0 saturated carbocycles. The topological polar surface area (TPSA) is 97.5 Å². The van der Waals surface area contributed by atoms with Gasteiger partial charge in [-0.15, -0.1) is 0 Å². The summed E-state index contributed by atoms with van der Waals surface area (Å²) in [5.74, 6) is 0. The second kappa shape index (κ2) is 6.00. The lowest BCUT2D eigenvalue weighted by Crippen LogP contribution is -1.94. The first-order valence-electron chi connectivity index (χ1n) is 3.65. The molecule has 16 heavy (non-hydrogen) atoms. The maximum absolute atomic E-state index is 10.8. The molecule has 0 aliphatic carbocycles. The van der Waals surface area contributed by atoms with E-state index < -0.39 is 19.7 Å². The van der Waals surface area contributed by atoms with E-state index in [0.717, 1.165) is 25.3 Å². The van der Waals surface area contributed by atoms with E-state index in [0.29, 0.717) is 0 Å². The van der Waals surface area contributed by atoms with Crippen LogP contribution in [0.4, 0.5) is 5.69 Å². The Kier molecular flexibility index (Phi) is 5.66. The van der Waals surface area contributed by atoms with Crippen molar-refractivity contribution in [2.75, 3.05) is 7.11 Å². The van der Waals surface area contributed by atoms with Crippen molar-refractivity contribution in [2.45, 2.75) is 4.90 Å². The molecule has 0 amide bonds. The van der Waals surface area contributed by atoms with E-state index in [9.17, 15) is 18.5 Å². The van der Waals surface area contributed by atoms with E-state index in [4.69, 9.17) is 27.4 Å². The van der Waals surface area contributed by atoms with Crippen LogP contribution >= 0.6 is 22.3 Å². The van der Waals surface area contributed by atoms with Crippen LogP contribution in [0, 0.1) is 10.1 Å². The number of nitrogens with zero attached hydrogens (tertiary/aromatic N) is 1. The van der Waals surface area contributed by atoms with Gasteiger partial charge in [0.15, 0.2) is 0 Å². The molecule has 0 heterocycles. The van der Waals surface area contributed by atoms with Crippen LogP contribution in [-0.4, -0.2) is 25.6 Å². The minimum atomic E-state index is -3.97. The monoisotopic (exact) mass is 287 g/mol. The SMILES string of the molecule is CO.O=[N+]([O-])c1cc(S(=O)(=O)Cl)ccc1Cl. The van der Waals surface area contributed by atoms with Crippen molar-refractivity contribution in [3.8, 4) is 0 Å². The average Bonchev–Trinajstić information content (AvgIpc) is 2.19. The summed E-state index contributed by atoms with van der Waals surface area (Å²) in [4.78, 5) is 9.25. The third-order valence-corrected chi connectivity index (χ3v) is 3.07. The Morgan fingerprint density at radius 2 is 1.88 bits per heavy atom. The fourth-order valence-corrected chi connectivity index (χ4v) is 1.74. The zero-order valence-electron chi connectivity index (χ0n) is 7.92. The zero-order valence-corrected chi connectivity index (χ0v) is 10.3. The predicted molar refractivity (Wildman–Crippen MR) is 59.3 cm³/mol. The van der Waals surface area contributed by atoms with Gasteiger partial charge in [0.2, 0.25) is 0 Å². The van der Waals surface area contributed by atoms with Gasteiger partial charge in [-0.25, -0.2) is 8.42 Å². The lowest BCUT2D eigenvalue weighted by Gasteiger charge is -1.97. The number of hydrogen-bond donors (Lipinski definition) is 1. The van der Waals surface area contributed by atoms with Crippen LogP contribution in [0.2, 0.25) is 5.02 Å². The van der Waals surface area contributed by atoms with Gasteiger partial charge in [-0.3, -0.25) is 10.1 Å². The van der Waals surface area contributed by atoms with E-state index in [1.807, 2.05) is 0 Å². The molecule has 0 aromatic heterocycles. The van der Waals surface area contributed by atoms with Gasteiger partial charge < -0.3 is 5.11 Å². The highest BCUT2D eigenvalue weighted by Gasteiger charge is 2.18. The summed E-state index contributed by atoms with van der Waals surface area (Å²) in [5, 5.41) is 17.2. The van der Waals surface area contributed by atoms with Crippen LogP contribution in [0.15, 0.2) is 23.1 Å². The number of aliphatic hydroxyl groups is 1. The number of nitro benzene ring substituents is 1. The maximum Gasteiger partial charge on any atom is 0.289 e. The Morgan fingerprint density at radius 3 is 2.25 bits per heavy atom. The van der Waals surface area contributed by atoms with Crippen molar-refractivity contribution in [1.82, 2.24) is 0 Å². The molecule has 0 aliphatic rings.